The maximum atomic E-state index is 12.4. The van der Waals surface area contributed by atoms with Crippen LogP contribution in [0.2, 0.25) is 0 Å². The average Bonchev–Trinajstić information content (AvgIpc) is 2.80. The van der Waals surface area contributed by atoms with E-state index < -0.39 is 0 Å². The van der Waals surface area contributed by atoms with Gasteiger partial charge in [-0.1, -0.05) is 0 Å². The monoisotopic (exact) mass is 298 g/mol. The third-order valence-corrected chi connectivity index (χ3v) is 3.67. The Morgan fingerprint density at radius 1 is 1.40 bits per heavy atom. The summed E-state index contributed by atoms with van der Waals surface area (Å²) in [4.78, 5) is 14.4. The van der Waals surface area contributed by atoms with E-state index in [1.165, 1.54) is 0 Å². The molecule has 2 N–H and O–H groups in total. The molecule has 1 amide bonds. The van der Waals surface area contributed by atoms with Gasteiger partial charge in [0.1, 0.15) is 5.75 Å². The number of hydrogen-bond acceptors (Lipinski definition) is 3. The minimum Gasteiger partial charge on any atom is -0.494 e. The minimum atomic E-state index is 0. The number of nitrogens with two attached hydrogens (primary N) is 1. The van der Waals surface area contributed by atoms with Gasteiger partial charge in [-0.05, 0) is 57.0 Å². The van der Waals surface area contributed by atoms with E-state index in [2.05, 4.69) is 6.92 Å². The van der Waals surface area contributed by atoms with E-state index in [1.54, 1.807) is 0 Å². The quantitative estimate of drug-likeness (QED) is 0.928. The highest BCUT2D eigenvalue weighted by molar-refractivity contribution is 5.94. The summed E-state index contributed by atoms with van der Waals surface area (Å²) in [6.07, 6.45) is 0.999. The summed E-state index contributed by atoms with van der Waals surface area (Å²) >= 11 is 0. The molecule has 2 rings (SSSR count). The van der Waals surface area contributed by atoms with Gasteiger partial charge in [0.2, 0.25) is 0 Å². The summed E-state index contributed by atoms with van der Waals surface area (Å²) in [6.45, 7) is 6.08. The number of hydrogen-bond donors (Lipinski definition) is 1. The van der Waals surface area contributed by atoms with Gasteiger partial charge in [-0.3, -0.25) is 4.79 Å². The first kappa shape index (κ1) is 16.8. The van der Waals surface area contributed by atoms with Crippen molar-refractivity contribution in [3.63, 3.8) is 0 Å². The molecule has 1 heterocycles. The zero-order valence-electron chi connectivity index (χ0n) is 12.0. The van der Waals surface area contributed by atoms with Gasteiger partial charge in [0.25, 0.3) is 5.91 Å². The number of likely N-dealkylation sites (tertiary alicyclic amines) is 1. The Hall–Kier alpha value is -1.26. The Morgan fingerprint density at radius 2 is 2.05 bits per heavy atom. The highest BCUT2D eigenvalue weighted by Crippen LogP contribution is 2.24. The van der Waals surface area contributed by atoms with Crippen molar-refractivity contribution >= 4 is 18.3 Å². The molecule has 0 bridgehead atoms. The summed E-state index contributed by atoms with van der Waals surface area (Å²) in [5.74, 6) is 1.32. The van der Waals surface area contributed by atoms with Crippen LogP contribution in [0, 0.1) is 5.92 Å². The van der Waals surface area contributed by atoms with Crippen molar-refractivity contribution in [2.75, 3.05) is 19.7 Å². The van der Waals surface area contributed by atoms with Gasteiger partial charge in [-0.2, -0.15) is 0 Å². The second-order valence-corrected chi connectivity index (χ2v) is 5.10. The maximum Gasteiger partial charge on any atom is 0.254 e. The van der Waals surface area contributed by atoms with Gasteiger partial charge < -0.3 is 15.4 Å². The van der Waals surface area contributed by atoms with E-state index in [4.69, 9.17) is 10.5 Å². The van der Waals surface area contributed by atoms with Crippen LogP contribution >= 0.6 is 12.4 Å². The number of ether oxygens (including phenoxy) is 1. The molecule has 5 heteroatoms. The second-order valence-electron chi connectivity index (χ2n) is 5.10. The van der Waals surface area contributed by atoms with Crippen molar-refractivity contribution in [1.82, 2.24) is 4.90 Å². The third kappa shape index (κ3) is 3.64. The van der Waals surface area contributed by atoms with Crippen LogP contribution in [-0.2, 0) is 0 Å². The maximum absolute atomic E-state index is 12.4. The highest BCUT2D eigenvalue weighted by Gasteiger charge is 2.31. The van der Waals surface area contributed by atoms with Crippen LogP contribution < -0.4 is 10.5 Å². The van der Waals surface area contributed by atoms with Crippen molar-refractivity contribution < 1.29 is 9.53 Å². The van der Waals surface area contributed by atoms with Crippen molar-refractivity contribution in [3.8, 4) is 5.75 Å². The average molecular weight is 299 g/mol. The molecule has 1 aliphatic rings. The number of carbonyl (C=O) groups is 1. The molecule has 1 aromatic rings. The van der Waals surface area contributed by atoms with Crippen LogP contribution in [0.3, 0.4) is 0 Å². The summed E-state index contributed by atoms with van der Waals surface area (Å²) in [7, 11) is 0. The number of rotatable bonds is 4. The van der Waals surface area contributed by atoms with Crippen molar-refractivity contribution in [2.45, 2.75) is 26.3 Å². The summed E-state index contributed by atoms with van der Waals surface area (Å²) in [5.41, 5.74) is 6.41. The van der Waals surface area contributed by atoms with Crippen molar-refractivity contribution in [3.05, 3.63) is 29.8 Å². The Labute approximate surface area is 126 Å². The van der Waals surface area contributed by atoms with E-state index in [1.807, 2.05) is 36.1 Å². The van der Waals surface area contributed by atoms with Crippen molar-refractivity contribution in [2.24, 2.45) is 11.7 Å². The molecule has 0 aliphatic carbocycles. The van der Waals surface area contributed by atoms with Crippen LogP contribution in [0.5, 0.6) is 5.75 Å². The first-order chi connectivity index (χ1) is 9.15. The Morgan fingerprint density at radius 3 is 2.55 bits per heavy atom. The molecular formula is C15H23ClN2O2. The van der Waals surface area contributed by atoms with E-state index in [0.29, 0.717) is 24.6 Å². The summed E-state index contributed by atoms with van der Waals surface area (Å²) < 4.78 is 5.38. The predicted octanol–water partition coefficient (Wildman–Crippen LogP) is 2.32. The first-order valence-electron chi connectivity index (χ1n) is 6.89. The van der Waals surface area contributed by atoms with Gasteiger partial charge in [0, 0.05) is 18.2 Å². The topological polar surface area (TPSA) is 55.6 Å². The molecule has 2 atom stereocenters. The fourth-order valence-electron chi connectivity index (χ4n) is 2.62. The predicted molar refractivity (Wildman–Crippen MR) is 82.5 cm³/mol. The van der Waals surface area contributed by atoms with Gasteiger partial charge in [-0.25, -0.2) is 0 Å². The summed E-state index contributed by atoms with van der Waals surface area (Å²) in [6, 6.07) is 7.62. The van der Waals surface area contributed by atoms with E-state index in [9.17, 15) is 4.79 Å². The zero-order chi connectivity index (χ0) is 13.8. The lowest BCUT2D eigenvalue weighted by atomic mass is 10.1. The number of carbonyl (C=O) groups excluding carboxylic acids is 1. The molecule has 0 spiro atoms. The molecule has 112 valence electrons. The SMILES string of the molecule is CCOc1ccc(C(=O)N2CC(CN)CC2C)cc1.Cl. The van der Waals surface area contributed by atoms with Crippen LogP contribution in [0.25, 0.3) is 0 Å². The van der Waals surface area contributed by atoms with Gasteiger partial charge in [0.05, 0.1) is 6.61 Å². The van der Waals surface area contributed by atoms with Gasteiger partial charge in [0.15, 0.2) is 0 Å². The molecule has 0 radical (unpaired) electrons. The standard InChI is InChI=1S/C15H22N2O2.ClH/c1-3-19-14-6-4-13(5-7-14)15(18)17-10-12(9-16)8-11(17)2;/h4-7,11-12H,3,8-10,16H2,1-2H3;1H. The van der Waals surface area contributed by atoms with E-state index >= 15 is 0 Å². The normalized spacial score (nSPS) is 21.4. The molecule has 20 heavy (non-hydrogen) atoms. The lowest BCUT2D eigenvalue weighted by molar-refractivity contribution is 0.0743. The van der Waals surface area contributed by atoms with E-state index in [-0.39, 0.29) is 24.4 Å². The molecule has 2 unspecified atom stereocenters. The lowest BCUT2D eigenvalue weighted by Crippen LogP contribution is -2.34. The van der Waals surface area contributed by atoms with Gasteiger partial charge in [-0.15, -0.1) is 12.4 Å². The molecule has 1 aromatic carbocycles. The first-order valence-corrected chi connectivity index (χ1v) is 6.89. The molecule has 4 nitrogen and oxygen atoms in total. The fraction of sp³-hybridized carbons (Fsp3) is 0.533. The number of nitrogens with zero attached hydrogens (tertiary/aromatic N) is 1. The molecule has 0 saturated carbocycles. The Bertz CT molecular complexity index is 436. The molecule has 1 fully saturated rings. The Balaban J connectivity index is 0.00000200. The highest BCUT2D eigenvalue weighted by atomic mass is 35.5. The molecule has 0 aromatic heterocycles. The minimum absolute atomic E-state index is 0. The number of amides is 1. The fourth-order valence-corrected chi connectivity index (χ4v) is 2.62. The van der Waals surface area contributed by atoms with Gasteiger partial charge >= 0.3 is 0 Å². The number of halogens is 1. The molecular weight excluding hydrogens is 276 g/mol. The number of benzene rings is 1. The lowest BCUT2D eigenvalue weighted by Gasteiger charge is -2.21. The zero-order valence-corrected chi connectivity index (χ0v) is 12.9. The van der Waals surface area contributed by atoms with Crippen LogP contribution in [0.1, 0.15) is 30.6 Å². The third-order valence-electron chi connectivity index (χ3n) is 3.67. The summed E-state index contributed by atoms with van der Waals surface area (Å²) in [5, 5.41) is 0. The van der Waals surface area contributed by atoms with Crippen LogP contribution in [0.15, 0.2) is 24.3 Å². The van der Waals surface area contributed by atoms with E-state index in [0.717, 1.165) is 18.7 Å². The van der Waals surface area contributed by atoms with Crippen molar-refractivity contribution in [1.29, 1.82) is 0 Å². The van der Waals surface area contributed by atoms with Crippen LogP contribution in [-0.4, -0.2) is 36.5 Å². The largest absolute Gasteiger partial charge is 0.494 e. The molecule has 1 saturated heterocycles. The van der Waals surface area contributed by atoms with Crippen LogP contribution in [0.4, 0.5) is 0 Å². The Kier molecular flexibility index (Phi) is 6.30. The smallest absolute Gasteiger partial charge is 0.254 e. The molecule has 1 aliphatic heterocycles. The second kappa shape index (κ2) is 7.50.